The van der Waals surface area contributed by atoms with Crippen LogP contribution in [0, 0.1) is 0 Å². The van der Waals surface area contributed by atoms with Gasteiger partial charge in [-0.05, 0) is 36.4 Å². The van der Waals surface area contributed by atoms with E-state index in [0.29, 0.717) is 10.0 Å². The summed E-state index contributed by atoms with van der Waals surface area (Å²) in [6, 6.07) is 21.4. The monoisotopic (exact) mass is 424 g/mol. The SMILES string of the molecule is COc1cccc(C2=NN3[C@H](C2)c2cc(Cl)ccc2O[C@H]3c2ccccc2Cl)c1. The molecule has 0 spiro atoms. The van der Waals surface area contributed by atoms with Gasteiger partial charge in [0.05, 0.1) is 18.9 Å². The van der Waals surface area contributed by atoms with E-state index in [1.807, 2.05) is 71.7 Å². The average Bonchev–Trinajstić information content (AvgIpc) is 3.20. The van der Waals surface area contributed by atoms with Gasteiger partial charge in [0.15, 0.2) is 0 Å². The lowest BCUT2D eigenvalue weighted by atomic mass is 9.96. The van der Waals surface area contributed by atoms with E-state index in [0.717, 1.165) is 40.3 Å². The van der Waals surface area contributed by atoms with Crippen molar-refractivity contribution in [2.75, 3.05) is 7.11 Å². The molecule has 0 saturated carbocycles. The highest BCUT2D eigenvalue weighted by molar-refractivity contribution is 6.31. The molecule has 0 saturated heterocycles. The molecule has 29 heavy (non-hydrogen) atoms. The van der Waals surface area contributed by atoms with Crippen LogP contribution >= 0.6 is 23.2 Å². The van der Waals surface area contributed by atoms with Crippen LogP contribution in [0.2, 0.25) is 10.0 Å². The van der Waals surface area contributed by atoms with Gasteiger partial charge in [0.2, 0.25) is 6.23 Å². The number of nitrogens with zero attached hydrogens (tertiary/aromatic N) is 2. The summed E-state index contributed by atoms with van der Waals surface area (Å²) in [5, 5.41) is 8.28. The topological polar surface area (TPSA) is 34.1 Å². The lowest BCUT2D eigenvalue weighted by Gasteiger charge is -2.38. The van der Waals surface area contributed by atoms with E-state index >= 15 is 0 Å². The second-order valence-corrected chi connectivity index (χ2v) is 7.90. The molecule has 2 atom stereocenters. The van der Waals surface area contributed by atoms with E-state index in [2.05, 4.69) is 0 Å². The fraction of sp³-hybridized carbons (Fsp3) is 0.174. The molecule has 0 bridgehead atoms. The number of ether oxygens (including phenoxy) is 2. The first kappa shape index (κ1) is 18.3. The molecular weight excluding hydrogens is 407 g/mol. The molecule has 2 aliphatic rings. The number of methoxy groups -OCH3 is 1. The highest BCUT2D eigenvalue weighted by atomic mass is 35.5. The fourth-order valence-corrected chi connectivity index (χ4v) is 4.33. The van der Waals surface area contributed by atoms with E-state index in [1.165, 1.54) is 0 Å². The van der Waals surface area contributed by atoms with Crippen LogP contribution in [0.25, 0.3) is 0 Å². The lowest BCUT2D eigenvalue weighted by molar-refractivity contribution is -0.0189. The second kappa shape index (κ2) is 7.29. The van der Waals surface area contributed by atoms with Gasteiger partial charge in [-0.1, -0.05) is 53.5 Å². The van der Waals surface area contributed by atoms with E-state index in [4.69, 9.17) is 37.8 Å². The third-order valence-corrected chi connectivity index (χ3v) is 5.91. The van der Waals surface area contributed by atoms with Crippen molar-refractivity contribution in [2.45, 2.75) is 18.7 Å². The van der Waals surface area contributed by atoms with Gasteiger partial charge in [-0.2, -0.15) is 5.10 Å². The predicted molar refractivity (Wildman–Crippen MR) is 115 cm³/mol. The van der Waals surface area contributed by atoms with Crippen LogP contribution in [0.1, 0.15) is 35.4 Å². The van der Waals surface area contributed by atoms with Gasteiger partial charge >= 0.3 is 0 Å². The van der Waals surface area contributed by atoms with Crippen molar-refractivity contribution in [3.63, 3.8) is 0 Å². The molecule has 0 fully saturated rings. The Bertz CT molecular complexity index is 1120. The zero-order valence-corrected chi connectivity index (χ0v) is 17.2. The van der Waals surface area contributed by atoms with Gasteiger partial charge in [-0.25, -0.2) is 5.01 Å². The van der Waals surface area contributed by atoms with E-state index in [-0.39, 0.29) is 6.04 Å². The number of hydrogen-bond acceptors (Lipinski definition) is 4. The zero-order chi connectivity index (χ0) is 20.0. The van der Waals surface area contributed by atoms with Crippen LogP contribution in [0.4, 0.5) is 0 Å². The maximum atomic E-state index is 6.50. The molecule has 4 nitrogen and oxygen atoms in total. The standard InChI is InChI=1S/C23H18Cl2N2O2/c1-28-16-6-4-5-14(11-16)20-13-21-18-12-15(24)9-10-22(18)29-23(27(21)26-20)17-7-2-3-8-19(17)25/h2-12,21,23H,13H2,1H3/t21-,23+/m1/s1. The van der Waals surface area contributed by atoms with Crippen molar-refractivity contribution in [2.24, 2.45) is 5.10 Å². The summed E-state index contributed by atoms with van der Waals surface area (Å²) in [4.78, 5) is 0. The Balaban J connectivity index is 1.62. The number of hydrogen-bond donors (Lipinski definition) is 0. The van der Waals surface area contributed by atoms with Crippen molar-refractivity contribution in [3.05, 3.63) is 93.5 Å². The molecule has 5 rings (SSSR count). The first-order valence-electron chi connectivity index (χ1n) is 9.35. The van der Waals surface area contributed by atoms with Crippen molar-refractivity contribution < 1.29 is 9.47 Å². The molecule has 6 heteroatoms. The van der Waals surface area contributed by atoms with E-state index in [1.54, 1.807) is 7.11 Å². The maximum Gasteiger partial charge on any atom is 0.215 e. The minimum atomic E-state index is -0.412. The summed E-state index contributed by atoms with van der Waals surface area (Å²) >= 11 is 12.8. The largest absolute Gasteiger partial charge is 0.497 e. The number of benzene rings is 3. The van der Waals surface area contributed by atoms with Crippen LogP contribution in [-0.4, -0.2) is 17.8 Å². The molecule has 0 aromatic heterocycles. The molecular formula is C23H18Cl2N2O2. The van der Waals surface area contributed by atoms with Crippen LogP contribution in [0.5, 0.6) is 11.5 Å². The van der Waals surface area contributed by atoms with Crippen LogP contribution in [0.3, 0.4) is 0 Å². The first-order chi connectivity index (χ1) is 14.1. The Morgan fingerprint density at radius 2 is 1.86 bits per heavy atom. The van der Waals surface area contributed by atoms with E-state index < -0.39 is 6.23 Å². The van der Waals surface area contributed by atoms with Gasteiger partial charge in [-0.3, -0.25) is 0 Å². The smallest absolute Gasteiger partial charge is 0.215 e. The third-order valence-electron chi connectivity index (χ3n) is 5.33. The Morgan fingerprint density at radius 3 is 2.69 bits per heavy atom. The summed E-state index contributed by atoms with van der Waals surface area (Å²) in [7, 11) is 1.67. The highest BCUT2D eigenvalue weighted by Crippen LogP contribution is 2.49. The van der Waals surface area contributed by atoms with Gasteiger partial charge < -0.3 is 9.47 Å². The molecule has 0 amide bonds. The number of halogens is 2. The summed E-state index contributed by atoms with van der Waals surface area (Å²) in [6.07, 6.45) is 0.329. The Labute approximate surface area is 179 Å². The fourth-order valence-electron chi connectivity index (χ4n) is 3.92. The van der Waals surface area contributed by atoms with Gasteiger partial charge in [-0.15, -0.1) is 0 Å². The van der Waals surface area contributed by atoms with Crippen molar-refractivity contribution in [1.82, 2.24) is 5.01 Å². The van der Waals surface area contributed by atoms with Crippen molar-refractivity contribution >= 4 is 28.9 Å². The van der Waals surface area contributed by atoms with Crippen LogP contribution in [-0.2, 0) is 0 Å². The average molecular weight is 425 g/mol. The number of fused-ring (bicyclic) bond motifs is 3. The quantitative estimate of drug-likeness (QED) is 0.498. The molecule has 0 unspecified atom stereocenters. The van der Waals surface area contributed by atoms with Crippen LogP contribution < -0.4 is 9.47 Å². The predicted octanol–water partition coefficient (Wildman–Crippen LogP) is 6.24. The Morgan fingerprint density at radius 1 is 1.00 bits per heavy atom. The lowest BCUT2D eigenvalue weighted by Crippen LogP contribution is -2.33. The van der Waals surface area contributed by atoms with Crippen LogP contribution in [0.15, 0.2) is 71.8 Å². The minimum Gasteiger partial charge on any atom is -0.497 e. The molecule has 3 aromatic rings. The van der Waals surface area contributed by atoms with Gasteiger partial charge in [0, 0.05) is 33.2 Å². The third kappa shape index (κ3) is 3.22. The molecule has 2 aliphatic heterocycles. The van der Waals surface area contributed by atoms with Gasteiger partial charge in [0.1, 0.15) is 11.5 Å². The number of hydrazone groups is 1. The maximum absolute atomic E-state index is 6.50. The summed E-state index contributed by atoms with van der Waals surface area (Å²) in [5.41, 5.74) is 3.92. The highest BCUT2D eigenvalue weighted by Gasteiger charge is 2.41. The molecule has 0 radical (unpaired) electrons. The van der Waals surface area contributed by atoms with Gasteiger partial charge in [0.25, 0.3) is 0 Å². The zero-order valence-electron chi connectivity index (χ0n) is 15.7. The summed E-state index contributed by atoms with van der Waals surface area (Å²) in [5.74, 6) is 1.61. The molecule has 2 heterocycles. The molecule has 146 valence electrons. The second-order valence-electron chi connectivity index (χ2n) is 7.05. The molecule has 0 aliphatic carbocycles. The van der Waals surface area contributed by atoms with Crippen molar-refractivity contribution in [1.29, 1.82) is 0 Å². The molecule has 3 aromatic carbocycles. The number of rotatable bonds is 3. The Kier molecular flexibility index (Phi) is 4.61. The summed E-state index contributed by atoms with van der Waals surface area (Å²) < 4.78 is 11.7. The molecule has 0 N–H and O–H groups in total. The first-order valence-corrected chi connectivity index (χ1v) is 10.1. The Hall–Kier alpha value is -2.69. The minimum absolute atomic E-state index is 0.0138. The van der Waals surface area contributed by atoms with Crippen molar-refractivity contribution in [3.8, 4) is 11.5 Å². The normalized spacial score (nSPS) is 19.8. The summed E-state index contributed by atoms with van der Waals surface area (Å²) in [6.45, 7) is 0. The van der Waals surface area contributed by atoms with E-state index in [9.17, 15) is 0 Å².